The fourth-order valence-corrected chi connectivity index (χ4v) is 2.70. The summed E-state index contributed by atoms with van der Waals surface area (Å²) in [7, 11) is 0. The molecule has 3 aromatic rings. The van der Waals surface area contributed by atoms with Crippen LogP contribution in [0.15, 0.2) is 60.9 Å². The number of nitrogens with one attached hydrogen (secondary N) is 1. The SMILES string of the molecule is CCCNC(=O)c1c(N)cccc1-c1cccnc1-c1ccccn1. The zero-order chi connectivity index (χ0) is 17.6. The van der Waals surface area contributed by atoms with E-state index >= 15 is 0 Å². The molecule has 0 unspecified atom stereocenters. The van der Waals surface area contributed by atoms with Gasteiger partial charge in [0.25, 0.3) is 5.91 Å². The first-order valence-corrected chi connectivity index (χ1v) is 8.26. The second-order valence-corrected chi connectivity index (χ2v) is 5.64. The number of anilines is 1. The van der Waals surface area contributed by atoms with Gasteiger partial charge in [0.05, 0.1) is 17.0 Å². The Balaban J connectivity index is 2.16. The van der Waals surface area contributed by atoms with Crippen molar-refractivity contribution in [3.63, 3.8) is 0 Å². The second-order valence-electron chi connectivity index (χ2n) is 5.64. The number of nitrogens with zero attached hydrogens (tertiary/aromatic N) is 2. The molecule has 5 heteroatoms. The normalized spacial score (nSPS) is 10.4. The van der Waals surface area contributed by atoms with Crippen LogP contribution in [0.25, 0.3) is 22.5 Å². The van der Waals surface area contributed by atoms with Crippen LogP contribution in [0, 0.1) is 0 Å². The molecule has 5 nitrogen and oxygen atoms in total. The van der Waals surface area contributed by atoms with Crippen molar-refractivity contribution < 1.29 is 4.79 Å². The van der Waals surface area contributed by atoms with Crippen LogP contribution in [-0.4, -0.2) is 22.4 Å². The van der Waals surface area contributed by atoms with Gasteiger partial charge in [0, 0.05) is 30.2 Å². The number of amides is 1. The Kier molecular flexibility index (Phi) is 5.04. The third kappa shape index (κ3) is 3.50. The van der Waals surface area contributed by atoms with Crippen molar-refractivity contribution in [2.75, 3.05) is 12.3 Å². The number of hydrogen-bond acceptors (Lipinski definition) is 4. The molecule has 0 saturated heterocycles. The average molecular weight is 332 g/mol. The third-order valence-electron chi connectivity index (χ3n) is 3.86. The molecule has 0 spiro atoms. The summed E-state index contributed by atoms with van der Waals surface area (Å²) >= 11 is 0. The molecular weight excluding hydrogens is 312 g/mol. The number of carbonyl (C=O) groups excluding carboxylic acids is 1. The molecule has 0 bridgehead atoms. The van der Waals surface area contributed by atoms with E-state index in [1.165, 1.54) is 0 Å². The van der Waals surface area contributed by atoms with Crippen LogP contribution in [0.3, 0.4) is 0 Å². The zero-order valence-corrected chi connectivity index (χ0v) is 14.1. The lowest BCUT2D eigenvalue weighted by Crippen LogP contribution is -2.25. The summed E-state index contributed by atoms with van der Waals surface area (Å²) < 4.78 is 0. The van der Waals surface area contributed by atoms with Crippen molar-refractivity contribution in [2.45, 2.75) is 13.3 Å². The van der Waals surface area contributed by atoms with E-state index < -0.39 is 0 Å². The minimum atomic E-state index is -0.175. The number of aromatic nitrogens is 2. The van der Waals surface area contributed by atoms with Gasteiger partial charge in [-0.25, -0.2) is 0 Å². The first kappa shape index (κ1) is 16.6. The largest absolute Gasteiger partial charge is 0.398 e. The van der Waals surface area contributed by atoms with Crippen molar-refractivity contribution in [3.05, 3.63) is 66.5 Å². The first-order chi connectivity index (χ1) is 12.2. The maximum Gasteiger partial charge on any atom is 0.254 e. The number of rotatable bonds is 5. The molecule has 0 fully saturated rings. The second kappa shape index (κ2) is 7.57. The molecule has 3 rings (SSSR count). The lowest BCUT2D eigenvalue weighted by molar-refractivity contribution is 0.0955. The van der Waals surface area contributed by atoms with Crippen molar-refractivity contribution >= 4 is 11.6 Å². The van der Waals surface area contributed by atoms with Crippen molar-refractivity contribution in [1.82, 2.24) is 15.3 Å². The van der Waals surface area contributed by atoms with Crippen molar-refractivity contribution in [2.24, 2.45) is 0 Å². The molecule has 126 valence electrons. The molecule has 25 heavy (non-hydrogen) atoms. The van der Waals surface area contributed by atoms with E-state index in [1.807, 2.05) is 49.4 Å². The fraction of sp³-hybridized carbons (Fsp3) is 0.150. The molecule has 0 aliphatic rings. The number of nitrogens with two attached hydrogens (primary N) is 1. The summed E-state index contributed by atoms with van der Waals surface area (Å²) in [5.41, 5.74) is 10.1. The monoisotopic (exact) mass is 332 g/mol. The van der Waals surface area contributed by atoms with Crippen LogP contribution < -0.4 is 11.1 Å². The molecule has 2 heterocycles. The van der Waals surface area contributed by atoms with Gasteiger partial charge in [-0.15, -0.1) is 0 Å². The Hall–Kier alpha value is -3.21. The predicted molar refractivity (Wildman–Crippen MR) is 99.9 cm³/mol. The van der Waals surface area contributed by atoms with Gasteiger partial charge in [0.15, 0.2) is 0 Å². The molecule has 3 N–H and O–H groups in total. The topological polar surface area (TPSA) is 80.9 Å². The van der Waals surface area contributed by atoms with Gasteiger partial charge in [0.1, 0.15) is 0 Å². The van der Waals surface area contributed by atoms with Gasteiger partial charge in [0.2, 0.25) is 0 Å². The highest BCUT2D eigenvalue weighted by Crippen LogP contribution is 2.33. The van der Waals surface area contributed by atoms with E-state index in [9.17, 15) is 4.79 Å². The highest BCUT2D eigenvalue weighted by Gasteiger charge is 2.19. The highest BCUT2D eigenvalue weighted by molar-refractivity contribution is 6.06. The van der Waals surface area contributed by atoms with Crippen molar-refractivity contribution in [3.8, 4) is 22.5 Å². The molecule has 1 amide bonds. The lowest BCUT2D eigenvalue weighted by atomic mass is 9.95. The smallest absolute Gasteiger partial charge is 0.254 e. The quantitative estimate of drug-likeness (QED) is 0.700. The van der Waals surface area contributed by atoms with Gasteiger partial charge in [-0.3, -0.25) is 14.8 Å². The minimum absolute atomic E-state index is 0.175. The standard InChI is InChI=1S/C20H20N4O/c1-2-11-24-20(25)18-14(7-5-9-16(18)21)15-8-6-13-23-19(15)17-10-3-4-12-22-17/h3-10,12-13H,2,11,21H2,1H3,(H,24,25). The predicted octanol–water partition coefficient (Wildman–Crippen LogP) is 3.53. The van der Waals surface area contributed by atoms with Gasteiger partial charge in [-0.1, -0.05) is 31.2 Å². The van der Waals surface area contributed by atoms with E-state index in [1.54, 1.807) is 18.5 Å². The van der Waals surface area contributed by atoms with Crippen LogP contribution in [0.2, 0.25) is 0 Å². The zero-order valence-electron chi connectivity index (χ0n) is 14.1. The number of benzene rings is 1. The number of carbonyl (C=O) groups is 1. The molecule has 0 radical (unpaired) electrons. The number of hydrogen-bond donors (Lipinski definition) is 2. The summed E-state index contributed by atoms with van der Waals surface area (Å²) in [6, 6.07) is 14.9. The van der Waals surface area contributed by atoms with Crippen LogP contribution in [0.4, 0.5) is 5.69 Å². The summed E-state index contributed by atoms with van der Waals surface area (Å²) in [4.78, 5) is 21.5. The minimum Gasteiger partial charge on any atom is -0.398 e. The van der Waals surface area contributed by atoms with E-state index in [4.69, 9.17) is 5.73 Å². The highest BCUT2D eigenvalue weighted by atomic mass is 16.1. The number of nitrogen functional groups attached to an aromatic ring is 1. The van der Waals surface area contributed by atoms with E-state index in [2.05, 4.69) is 15.3 Å². The van der Waals surface area contributed by atoms with Crippen LogP contribution in [0.1, 0.15) is 23.7 Å². The van der Waals surface area contributed by atoms with E-state index in [0.29, 0.717) is 17.8 Å². The van der Waals surface area contributed by atoms with Gasteiger partial charge >= 0.3 is 0 Å². The van der Waals surface area contributed by atoms with Crippen LogP contribution >= 0.6 is 0 Å². The first-order valence-electron chi connectivity index (χ1n) is 8.26. The molecule has 1 aromatic carbocycles. The summed E-state index contributed by atoms with van der Waals surface area (Å²) in [5, 5.41) is 2.90. The summed E-state index contributed by atoms with van der Waals surface area (Å²) in [5.74, 6) is -0.175. The number of pyridine rings is 2. The maximum absolute atomic E-state index is 12.6. The summed E-state index contributed by atoms with van der Waals surface area (Å²) in [6.45, 7) is 2.61. The molecule has 0 aliphatic carbocycles. The Morgan fingerprint density at radius 2 is 1.80 bits per heavy atom. The Morgan fingerprint density at radius 3 is 2.56 bits per heavy atom. The Labute approximate surface area is 146 Å². The maximum atomic E-state index is 12.6. The van der Waals surface area contributed by atoms with Crippen molar-refractivity contribution in [1.29, 1.82) is 0 Å². The van der Waals surface area contributed by atoms with Gasteiger partial charge < -0.3 is 11.1 Å². The van der Waals surface area contributed by atoms with Crippen LogP contribution in [0.5, 0.6) is 0 Å². The summed E-state index contributed by atoms with van der Waals surface area (Å²) in [6.07, 6.45) is 4.30. The Morgan fingerprint density at radius 1 is 1.00 bits per heavy atom. The molecule has 0 aliphatic heterocycles. The average Bonchev–Trinajstić information content (AvgIpc) is 2.66. The molecule has 0 saturated carbocycles. The van der Waals surface area contributed by atoms with Gasteiger partial charge in [-0.2, -0.15) is 0 Å². The fourth-order valence-electron chi connectivity index (χ4n) is 2.70. The third-order valence-corrected chi connectivity index (χ3v) is 3.86. The molecular formula is C20H20N4O. The molecule has 0 atom stereocenters. The lowest BCUT2D eigenvalue weighted by Gasteiger charge is -2.15. The Bertz CT molecular complexity index is 878. The molecule has 2 aromatic heterocycles. The van der Waals surface area contributed by atoms with E-state index in [-0.39, 0.29) is 5.91 Å². The van der Waals surface area contributed by atoms with E-state index in [0.717, 1.165) is 28.9 Å². The van der Waals surface area contributed by atoms with Gasteiger partial charge in [-0.05, 0) is 36.2 Å². The van der Waals surface area contributed by atoms with Crippen LogP contribution in [-0.2, 0) is 0 Å².